The van der Waals surface area contributed by atoms with Gasteiger partial charge in [0.25, 0.3) is 0 Å². The number of aryl methyl sites for hydroxylation is 1. The van der Waals surface area contributed by atoms with Gasteiger partial charge >= 0.3 is 6.16 Å². The lowest BCUT2D eigenvalue weighted by atomic mass is 9.88. The fraction of sp³-hybridized carbons (Fsp3) is 0.516. The molecule has 1 atom stereocenters. The van der Waals surface area contributed by atoms with Crippen LogP contribution in [0.4, 0.5) is 4.79 Å². The summed E-state index contributed by atoms with van der Waals surface area (Å²) in [6.07, 6.45) is 6.54. The molecular weight excluding hydrogens is 532 g/mol. The summed E-state index contributed by atoms with van der Waals surface area (Å²) in [5, 5.41) is 14.7. The lowest BCUT2D eigenvalue weighted by molar-refractivity contribution is -0.138. The zero-order valence-corrected chi connectivity index (χ0v) is 24.2. The van der Waals surface area contributed by atoms with Gasteiger partial charge in [0.15, 0.2) is 0 Å². The molecule has 0 spiro atoms. The molecule has 40 heavy (non-hydrogen) atoms. The van der Waals surface area contributed by atoms with E-state index in [0.717, 1.165) is 41.8 Å². The number of carbonyl (C=O) groups is 3. The zero-order chi connectivity index (χ0) is 29.1. The van der Waals surface area contributed by atoms with Crippen LogP contribution >= 0.6 is 11.6 Å². The molecule has 2 aromatic rings. The Hall–Kier alpha value is -3.10. The van der Waals surface area contributed by atoms with Gasteiger partial charge < -0.3 is 14.9 Å². The minimum atomic E-state index is -1.83. The Labute approximate surface area is 241 Å². The van der Waals surface area contributed by atoms with Crippen molar-refractivity contribution in [3.8, 4) is 5.75 Å². The van der Waals surface area contributed by atoms with Gasteiger partial charge in [-0.2, -0.15) is 0 Å². The maximum absolute atomic E-state index is 11.8. The standard InChI is InChI=1S/C30H39ClN2O3.CH2O3/c1-3-27(25-10-12-26(31)13-11-25)32(20-23-7-5-4-6-8-23)21-24-9-14-28(22(2)19-24)36-18-17-33-29(34)15-16-30(33)35;2-1(3)4/h9-14,19,23,27H,3-8,15-18,20-21H2,1-2H3;(H2,2,3,4). The zero-order valence-electron chi connectivity index (χ0n) is 23.5. The average Bonchev–Trinajstić information content (AvgIpc) is 3.24. The Bertz CT molecular complexity index is 1110. The number of rotatable bonds is 11. The number of hydrogen-bond acceptors (Lipinski definition) is 5. The maximum atomic E-state index is 11.8. The highest BCUT2D eigenvalue weighted by Gasteiger charge is 2.28. The number of likely N-dealkylation sites (tertiary alicyclic amines) is 1. The fourth-order valence-electron chi connectivity index (χ4n) is 5.72. The Morgan fingerprint density at radius 2 is 1.68 bits per heavy atom. The van der Waals surface area contributed by atoms with Gasteiger partial charge in [-0.05, 0) is 67.0 Å². The van der Waals surface area contributed by atoms with E-state index in [9.17, 15) is 9.59 Å². The van der Waals surface area contributed by atoms with Crippen LogP contribution in [0.1, 0.15) is 81.0 Å². The molecule has 0 bridgehead atoms. The summed E-state index contributed by atoms with van der Waals surface area (Å²) in [6.45, 7) is 6.96. The highest BCUT2D eigenvalue weighted by atomic mass is 35.5. The highest BCUT2D eigenvalue weighted by molar-refractivity contribution is 6.30. The molecule has 0 radical (unpaired) electrons. The van der Waals surface area contributed by atoms with E-state index in [1.165, 1.54) is 48.1 Å². The molecule has 1 aliphatic carbocycles. The van der Waals surface area contributed by atoms with Gasteiger partial charge in [-0.3, -0.25) is 19.4 Å². The molecule has 2 aliphatic rings. The molecule has 1 heterocycles. The summed E-state index contributed by atoms with van der Waals surface area (Å²) in [5.41, 5.74) is 3.66. The molecule has 0 aromatic heterocycles. The van der Waals surface area contributed by atoms with Gasteiger partial charge in [-0.1, -0.05) is 62.1 Å². The average molecular weight is 573 g/mol. The summed E-state index contributed by atoms with van der Waals surface area (Å²) < 4.78 is 5.95. The van der Waals surface area contributed by atoms with Gasteiger partial charge in [0.1, 0.15) is 12.4 Å². The monoisotopic (exact) mass is 572 g/mol. The van der Waals surface area contributed by atoms with Crippen molar-refractivity contribution in [3.05, 3.63) is 64.2 Å². The first-order valence-electron chi connectivity index (χ1n) is 14.1. The van der Waals surface area contributed by atoms with E-state index in [4.69, 9.17) is 31.3 Å². The van der Waals surface area contributed by atoms with Crippen LogP contribution in [0.25, 0.3) is 0 Å². The van der Waals surface area contributed by atoms with E-state index in [0.29, 0.717) is 32.0 Å². The maximum Gasteiger partial charge on any atom is 0.503 e. The number of nitrogens with zero attached hydrogens (tertiary/aromatic N) is 2. The second-order valence-electron chi connectivity index (χ2n) is 10.6. The Balaban J connectivity index is 0.00000103. The predicted octanol–water partition coefficient (Wildman–Crippen LogP) is 6.93. The summed E-state index contributed by atoms with van der Waals surface area (Å²) in [4.78, 5) is 36.2. The first-order valence-corrected chi connectivity index (χ1v) is 14.5. The van der Waals surface area contributed by atoms with Crippen molar-refractivity contribution in [1.82, 2.24) is 9.80 Å². The Morgan fingerprint density at radius 1 is 1.05 bits per heavy atom. The SMILES string of the molecule is CCC(c1ccc(Cl)cc1)N(Cc1ccc(OCCN2C(=O)CCC2=O)c(C)c1)CC1CCCCC1.O=C(O)O. The number of carboxylic acid groups (broad SMARTS) is 2. The van der Waals surface area contributed by atoms with E-state index in [-0.39, 0.29) is 11.8 Å². The molecule has 1 unspecified atom stereocenters. The Kier molecular flexibility index (Phi) is 12.3. The minimum Gasteiger partial charge on any atom is -0.491 e. The van der Waals surface area contributed by atoms with Crippen LogP contribution < -0.4 is 4.74 Å². The summed E-state index contributed by atoms with van der Waals surface area (Å²) >= 11 is 6.18. The largest absolute Gasteiger partial charge is 0.503 e. The molecule has 4 rings (SSSR count). The first kappa shape index (κ1) is 31.4. The van der Waals surface area contributed by atoms with E-state index in [1.54, 1.807) is 0 Å². The van der Waals surface area contributed by atoms with Crippen LogP contribution in [-0.4, -0.2) is 57.7 Å². The molecule has 2 aromatic carbocycles. The third kappa shape index (κ3) is 9.52. The van der Waals surface area contributed by atoms with Crippen LogP contribution in [0.2, 0.25) is 5.02 Å². The number of hydrogen-bond donors (Lipinski definition) is 2. The minimum absolute atomic E-state index is 0.0973. The third-order valence-electron chi connectivity index (χ3n) is 7.65. The molecule has 1 saturated carbocycles. The van der Waals surface area contributed by atoms with Gasteiger partial charge in [0.05, 0.1) is 6.54 Å². The second kappa shape index (κ2) is 15.6. The lowest BCUT2D eigenvalue weighted by Gasteiger charge is -2.36. The number of imide groups is 1. The van der Waals surface area contributed by atoms with Crippen LogP contribution in [0.3, 0.4) is 0 Å². The highest BCUT2D eigenvalue weighted by Crippen LogP contribution is 2.32. The smallest absolute Gasteiger partial charge is 0.491 e. The number of ether oxygens (including phenoxy) is 1. The number of carbonyl (C=O) groups excluding carboxylic acids is 2. The summed E-state index contributed by atoms with van der Waals surface area (Å²) in [7, 11) is 0. The number of benzene rings is 2. The normalized spacial score (nSPS) is 16.6. The second-order valence-corrected chi connectivity index (χ2v) is 11.0. The molecule has 1 saturated heterocycles. The first-order chi connectivity index (χ1) is 19.2. The summed E-state index contributed by atoms with van der Waals surface area (Å²) in [6, 6.07) is 15.1. The molecule has 218 valence electrons. The van der Waals surface area contributed by atoms with E-state index in [2.05, 4.69) is 43.0 Å². The van der Waals surface area contributed by atoms with Crippen molar-refractivity contribution in [1.29, 1.82) is 0 Å². The van der Waals surface area contributed by atoms with Crippen LogP contribution in [0.5, 0.6) is 5.75 Å². The molecule has 2 fully saturated rings. The fourth-order valence-corrected chi connectivity index (χ4v) is 5.84. The van der Waals surface area contributed by atoms with Crippen molar-refractivity contribution >= 4 is 29.6 Å². The van der Waals surface area contributed by atoms with Crippen molar-refractivity contribution in [2.75, 3.05) is 19.7 Å². The Morgan fingerprint density at radius 3 is 2.25 bits per heavy atom. The number of halogens is 1. The van der Waals surface area contributed by atoms with Crippen LogP contribution in [0, 0.1) is 12.8 Å². The van der Waals surface area contributed by atoms with Crippen LogP contribution in [0.15, 0.2) is 42.5 Å². The quantitative estimate of drug-likeness (QED) is 0.281. The molecular formula is C31H41ClN2O6. The molecule has 1 aliphatic heterocycles. The van der Waals surface area contributed by atoms with Gasteiger partial charge in [0.2, 0.25) is 11.8 Å². The van der Waals surface area contributed by atoms with Crippen LogP contribution in [-0.2, 0) is 16.1 Å². The molecule has 2 N–H and O–H groups in total. The van der Waals surface area contributed by atoms with Crippen molar-refractivity contribution in [2.24, 2.45) is 5.92 Å². The van der Waals surface area contributed by atoms with E-state index in [1.807, 2.05) is 18.2 Å². The molecule has 9 heteroatoms. The summed E-state index contributed by atoms with van der Waals surface area (Å²) in [5.74, 6) is 1.36. The van der Waals surface area contributed by atoms with Crippen molar-refractivity contribution in [2.45, 2.75) is 77.8 Å². The number of amides is 2. The third-order valence-corrected chi connectivity index (χ3v) is 7.90. The van der Waals surface area contributed by atoms with Gasteiger partial charge in [-0.25, -0.2) is 4.79 Å². The predicted molar refractivity (Wildman–Crippen MR) is 155 cm³/mol. The van der Waals surface area contributed by atoms with Gasteiger partial charge in [-0.15, -0.1) is 0 Å². The van der Waals surface area contributed by atoms with E-state index < -0.39 is 6.16 Å². The van der Waals surface area contributed by atoms with E-state index >= 15 is 0 Å². The van der Waals surface area contributed by atoms with Gasteiger partial charge in [0, 0.05) is 37.0 Å². The molecule has 2 amide bonds. The van der Waals surface area contributed by atoms with Crippen molar-refractivity contribution in [3.63, 3.8) is 0 Å². The molecule has 8 nitrogen and oxygen atoms in total. The topological polar surface area (TPSA) is 107 Å². The van der Waals surface area contributed by atoms with Crippen molar-refractivity contribution < 1.29 is 29.3 Å². The lowest BCUT2D eigenvalue weighted by Crippen LogP contribution is -2.34.